The lowest BCUT2D eigenvalue weighted by Gasteiger charge is -2.08. The van der Waals surface area contributed by atoms with Crippen LogP contribution in [0.2, 0.25) is 5.02 Å². The van der Waals surface area contributed by atoms with Crippen LogP contribution in [-0.4, -0.2) is 10.8 Å². The molecule has 0 aliphatic heterocycles. The Morgan fingerprint density at radius 3 is 2.78 bits per heavy atom. The molecule has 3 nitrogen and oxygen atoms in total. The van der Waals surface area contributed by atoms with Gasteiger partial charge >= 0.3 is 0 Å². The van der Waals surface area contributed by atoms with Crippen molar-refractivity contribution in [2.45, 2.75) is 13.8 Å². The number of rotatable bonds is 3. The Labute approximate surface area is 110 Å². The molecule has 0 aliphatic rings. The molecule has 2 rings (SSSR count). The first kappa shape index (κ1) is 12.6. The third kappa shape index (κ3) is 2.87. The molecule has 0 saturated carbocycles. The lowest BCUT2D eigenvalue weighted by atomic mass is 10.2. The first-order valence-corrected chi connectivity index (χ1v) is 5.85. The standard InChI is InChI=1S/C14H12ClNO2/c1-9-3-4-12(15)8-13(9)18-14-7-11(10(2)17)5-6-16-14/h3-8H,1-2H3. The number of nitrogens with zero attached hydrogens (tertiary/aromatic N) is 1. The second kappa shape index (κ2) is 5.19. The van der Waals surface area contributed by atoms with E-state index in [9.17, 15) is 4.79 Å². The highest BCUT2D eigenvalue weighted by molar-refractivity contribution is 6.30. The van der Waals surface area contributed by atoms with E-state index in [1.807, 2.05) is 13.0 Å². The average molecular weight is 262 g/mol. The summed E-state index contributed by atoms with van der Waals surface area (Å²) >= 11 is 5.91. The third-order valence-electron chi connectivity index (χ3n) is 2.51. The molecule has 2 aromatic rings. The number of halogens is 1. The van der Waals surface area contributed by atoms with Crippen LogP contribution < -0.4 is 4.74 Å². The fourth-order valence-electron chi connectivity index (χ4n) is 1.48. The van der Waals surface area contributed by atoms with Gasteiger partial charge in [0.05, 0.1) is 0 Å². The summed E-state index contributed by atoms with van der Waals surface area (Å²) in [7, 11) is 0. The number of ketones is 1. The van der Waals surface area contributed by atoms with Crippen molar-refractivity contribution in [3.05, 3.63) is 52.7 Å². The van der Waals surface area contributed by atoms with Gasteiger partial charge < -0.3 is 4.74 Å². The summed E-state index contributed by atoms with van der Waals surface area (Å²) < 4.78 is 5.63. The third-order valence-corrected chi connectivity index (χ3v) is 2.74. The topological polar surface area (TPSA) is 39.2 Å². The second-order valence-corrected chi connectivity index (χ2v) is 4.39. The van der Waals surface area contributed by atoms with Crippen molar-refractivity contribution < 1.29 is 9.53 Å². The lowest BCUT2D eigenvalue weighted by molar-refractivity contribution is 0.101. The Kier molecular flexibility index (Phi) is 3.63. The summed E-state index contributed by atoms with van der Waals surface area (Å²) in [5.74, 6) is 0.994. The van der Waals surface area contributed by atoms with Crippen LogP contribution in [0.25, 0.3) is 0 Å². The molecule has 0 N–H and O–H groups in total. The summed E-state index contributed by atoms with van der Waals surface area (Å²) in [6.07, 6.45) is 1.55. The maximum Gasteiger partial charge on any atom is 0.219 e. The zero-order valence-electron chi connectivity index (χ0n) is 10.1. The molecule has 0 saturated heterocycles. The van der Waals surface area contributed by atoms with Crippen LogP contribution in [0.15, 0.2) is 36.5 Å². The summed E-state index contributed by atoms with van der Waals surface area (Å²) in [5.41, 5.74) is 1.52. The molecule has 0 amide bonds. The van der Waals surface area contributed by atoms with Gasteiger partial charge in [-0.05, 0) is 37.6 Å². The quantitative estimate of drug-likeness (QED) is 0.783. The highest BCUT2D eigenvalue weighted by Gasteiger charge is 2.06. The summed E-state index contributed by atoms with van der Waals surface area (Å²) in [5, 5.41) is 0.596. The summed E-state index contributed by atoms with van der Waals surface area (Å²) in [6.45, 7) is 3.42. The van der Waals surface area contributed by atoms with Gasteiger partial charge in [-0.3, -0.25) is 4.79 Å². The first-order valence-electron chi connectivity index (χ1n) is 5.47. The van der Waals surface area contributed by atoms with Crippen LogP contribution in [0.5, 0.6) is 11.6 Å². The number of ether oxygens (including phenoxy) is 1. The number of Topliss-reactive ketones (excluding diaryl/α,β-unsaturated/α-hetero) is 1. The van der Waals surface area contributed by atoms with E-state index in [2.05, 4.69) is 4.98 Å². The van der Waals surface area contributed by atoms with Crippen LogP contribution >= 0.6 is 11.6 Å². The number of hydrogen-bond acceptors (Lipinski definition) is 3. The SMILES string of the molecule is CC(=O)c1ccnc(Oc2cc(Cl)ccc2C)c1. The Bertz CT molecular complexity index is 596. The largest absolute Gasteiger partial charge is 0.439 e. The van der Waals surface area contributed by atoms with E-state index in [1.165, 1.54) is 6.92 Å². The zero-order valence-corrected chi connectivity index (χ0v) is 10.9. The highest BCUT2D eigenvalue weighted by Crippen LogP contribution is 2.27. The van der Waals surface area contributed by atoms with Crippen LogP contribution in [0, 0.1) is 6.92 Å². The normalized spacial score (nSPS) is 10.2. The molecular formula is C14H12ClNO2. The Hall–Kier alpha value is -1.87. The summed E-state index contributed by atoms with van der Waals surface area (Å²) in [6, 6.07) is 8.65. The number of pyridine rings is 1. The van der Waals surface area contributed by atoms with Crippen LogP contribution in [0.1, 0.15) is 22.8 Å². The molecule has 18 heavy (non-hydrogen) atoms. The van der Waals surface area contributed by atoms with Crippen LogP contribution in [0.3, 0.4) is 0 Å². The van der Waals surface area contributed by atoms with E-state index in [1.54, 1.807) is 30.5 Å². The molecule has 1 aromatic heterocycles. The molecule has 1 heterocycles. The van der Waals surface area contributed by atoms with Crippen molar-refractivity contribution in [2.24, 2.45) is 0 Å². The average Bonchev–Trinajstić information content (AvgIpc) is 2.34. The van der Waals surface area contributed by atoms with Gasteiger partial charge in [-0.15, -0.1) is 0 Å². The molecule has 92 valence electrons. The Morgan fingerprint density at radius 2 is 2.06 bits per heavy atom. The predicted octanol–water partition coefficient (Wildman–Crippen LogP) is 4.04. The van der Waals surface area contributed by atoms with E-state index < -0.39 is 0 Å². The minimum atomic E-state index is -0.0231. The van der Waals surface area contributed by atoms with Gasteiger partial charge in [-0.1, -0.05) is 17.7 Å². The molecule has 0 fully saturated rings. The van der Waals surface area contributed by atoms with E-state index in [4.69, 9.17) is 16.3 Å². The van der Waals surface area contributed by atoms with Crippen molar-refractivity contribution in [2.75, 3.05) is 0 Å². The smallest absolute Gasteiger partial charge is 0.219 e. The Balaban J connectivity index is 2.31. The number of carbonyl (C=O) groups excluding carboxylic acids is 1. The molecule has 0 unspecified atom stereocenters. The molecule has 0 aliphatic carbocycles. The number of hydrogen-bond donors (Lipinski definition) is 0. The van der Waals surface area contributed by atoms with Crippen LogP contribution in [0.4, 0.5) is 0 Å². The lowest BCUT2D eigenvalue weighted by Crippen LogP contribution is -1.95. The van der Waals surface area contributed by atoms with Gasteiger partial charge in [0, 0.05) is 22.8 Å². The maximum absolute atomic E-state index is 11.3. The van der Waals surface area contributed by atoms with Gasteiger partial charge in [0.25, 0.3) is 0 Å². The van der Waals surface area contributed by atoms with Crippen molar-refractivity contribution in [3.8, 4) is 11.6 Å². The number of carbonyl (C=O) groups is 1. The van der Waals surface area contributed by atoms with Gasteiger partial charge in [0.2, 0.25) is 5.88 Å². The summed E-state index contributed by atoms with van der Waals surface area (Å²) in [4.78, 5) is 15.3. The minimum Gasteiger partial charge on any atom is -0.439 e. The molecule has 4 heteroatoms. The molecular weight excluding hydrogens is 250 g/mol. The highest BCUT2D eigenvalue weighted by atomic mass is 35.5. The molecule has 0 spiro atoms. The van der Waals surface area contributed by atoms with Crippen molar-refractivity contribution >= 4 is 17.4 Å². The fourth-order valence-corrected chi connectivity index (χ4v) is 1.64. The van der Waals surface area contributed by atoms with Gasteiger partial charge in [-0.2, -0.15) is 0 Å². The van der Waals surface area contributed by atoms with E-state index in [0.717, 1.165) is 5.56 Å². The van der Waals surface area contributed by atoms with Crippen molar-refractivity contribution in [1.82, 2.24) is 4.98 Å². The van der Waals surface area contributed by atoms with Gasteiger partial charge in [0.1, 0.15) is 5.75 Å². The maximum atomic E-state index is 11.3. The van der Waals surface area contributed by atoms with Gasteiger partial charge in [-0.25, -0.2) is 4.98 Å². The molecule has 0 radical (unpaired) electrons. The molecule has 1 aromatic carbocycles. The predicted molar refractivity (Wildman–Crippen MR) is 70.5 cm³/mol. The fraction of sp³-hybridized carbons (Fsp3) is 0.143. The minimum absolute atomic E-state index is 0.0231. The second-order valence-electron chi connectivity index (χ2n) is 3.95. The van der Waals surface area contributed by atoms with Crippen molar-refractivity contribution in [3.63, 3.8) is 0 Å². The van der Waals surface area contributed by atoms with Crippen LogP contribution in [-0.2, 0) is 0 Å². The Morgan fingerprint density at radius 1 is 1.28 bits per heavy atom. The molecule has 0 bridgehead atoms. The number of aryl methyl sites for hydroxylation is 1. The van der Waals surface area contributed by atoms with E-state index in [-0.39, 0.29) is 5.78 Å². The molecule has 0 atom stereocenters. The van der Waals surface area contributed by atoms with E-state index in [0.29, 0.717) is 22.2 Å². The number of benzene rings is 1. The van der Waals surface area contributed by atoms with E-state index >= 15 is 0 Å². The first-order chi connectivity index (χ1) is 8.56. The monoisotopic (exact) mass is 261 g/mol. The number of aromatic nitrogens is 1. The van der Waals surface area contributed by atoms with Gasteiger partial charge in [0.15, 0.2) is 5.78 Å². The van der Waals surface area contributed by atoms with Crippen molar-refractivity contribution in [1.29, 1.82) is 0 Å². The zero-order chi connectivity index (χ0) is 13.1.